The molecular weight excluding hydrogens is 266 g/mol. The van der Waals surface area contributed by atoms with Crippen LogP contribution in [0.25, 0.3) is 0 Å². The van der Waals surface area contributed by atoms with Crippen molar-refractivity contribution in [3.63, 3.8) is 0 Å². The molecule has 1 aromatic rings. The fourth-order valence-corrected chi connectivity index (χ4v) is 4.74. The molecule has 1 saturated heterocycles. The van der Waals surface area contributed by atoms with Gasteiger partial charge >= 0.3 is 0 Å². The average molecular weight is 293 g/mol. The Bertz CT molecular complexity index is 455. The van der Waals surface area contributed by atoms with Crippen molar-refractivity contribution in [1.29, 1.82) is 0 Å². The van der Waals surface area contributed by atoms with Crippen molar-refractivity contribution in [1.82, 2.24) is 10.3 Å². The zero-order chi connectivity index (χ0) is 14.1. The number of rotatable bonds is 4. The van der Waals surface area contributed by atoms with Gasteiger partial charge in [-0.05, 0) is 32.1 Å². The van der Waals surface area contributed by atoms with Crippen molar-refractivity contribution in [2.75, 3.05) is 11.4 Å². The highest BCUT2D eigenvalue weighted by Crippen LogP contribution is 2.40. The molecule has 0 aromatic carbocycles. The van der Waals surface area contributed by atoms with Crippen molar-refractivity contribution in [2.24, 2.45) is 5.92 Å². The van der Waals surface area contributed by atoms with E-state index in [0.717, 1.165) is 18.5 Å². The third-order valence-electron chi connectivity index (χ3n) is 4.81. The molecule has 1 saturated carbocycles. The number of fused-ring (bicyclic) bond motifs is 1. The molecule has 0 radical (unpaired) electrons. The van der Waals surface area contributed by atoms with Crippen LogP contribution in [0.4, 0.5) is 5.13 Å². The minimum atomic E-state index is 0.537. The molecule has 20 heavy (non-hydrogen) atoms. The van der Waals surface area contributed by atoms with Crippen LogP contribution in [-0.2, 0) is 6.54 Å². The smallest absolute Gasteiger partial charge is 0.186 e. The van der Waals surface area contributed by atoms with Crippen LogP contribution in [0.5, 0.6) is 0 Å². The summed E-state index contributed by atoms with van der Waals surface area (Å²) in [6, 6.07) is 1.31. The monoisotopic (exact) mass is 293 g/mol. The highest BCUT2D eigenvalue weighted by Gasteiger charge is 2.37. The van der Waals surface area contributed by atoms with E-state index in [1.807, 2.05) is 11.3 Å². The normalized spacial score (nSPS) is 26.3. The van der Waals surface area contributed by atoms with Gasteiger partial charge in [0.05, 0.1) is 5.69 Å². The first-order valence-electron chi connectivity index (χ1n) is 8.11. The Morgan fingerprint density at radius 2 is 2.10 bits per heavy atom. The van der Waals surface area contributed by atoms with Crippen molar-refractivity contribution >= 4 is 16.5 Å². The minimum Gasteiger partial charge on any atom is -0.345 e. The van der Waals surface area contributed by atoms with Gasteiger partial charge in [-0.1, -0.05) is 26.7 Å². The molecule has 0 amide bonds. The molecule has 1 aliphatic carbocycles. The highest BCUT2D eigenvalue weighted by atomic mass is 32.1. The summed E-state index contributed by atoms with van der Waals surface area (Å²) < 4.78 is 0. The molecule has 2 atom stereocenters. The maximum atomic E-state index is 4.87. The molecular formula is C16H27N3S. The summed E-state index contributed by atoms with van der Waals surface area (Å²) in [6.45, 7) is 8.74. The van der Waals surface area contributed by atoms with Gasteiger partial charge in [-0.3, -0.25) is 0 Å². The fraction of sp³-hybridized carbons (Fsp3) is 0.812. The minimum absolute atomic E-state index is 0.537. The second kappa shape index (κ2) is 6.02. The lowest BCUT2D eigenvalue weighted by Gasteiger charge is -2.31. The van der Waals surface area contributed by atoms with Gasteiger partial charge < -0.3 is 10.2 Å². The lowest BCUT2D eigenvalue weighted by Crippen LogP contribution is -2.34. The summed E-state index contributed by atoms with van der Waals surface area (Å²) >= 11 is 1.91. The molecule has 2 aliphatic rings. The molecule has 3 nitrogen and oxygen atoms in total. The number of hydrogen-bond acceptors (Lipinski definition) is 4. The van der Waals surface area contributed by atoms with Gasteiger partial charge in [-0.25, -0.2) is 4.98 Å². The molecule has 1 aliphatic heterocycles. The summed E-state index contributed by atoms with van der Waals surface area (Å²) in [5.41, 5.74) is 1.22. The van der Waals surface area contributed by atoms with Crippen molar-refractivity contribution in [2.45, 2.75) is 71.5 Å². The molecule has 1 N–H and O–H groups in total. The van der Waals surface area contributed by atoms with E-state index in [2.05, 4.69) is 31.0 Å². The first-order chi connectivity index (χ1) is 9.65. The number of thiazole rings is 1. The average Bonchev–Trinajstić information content (AvgIpc) is 3.00. The number of aryl methyl sites for hydroxylation is 1. The number of nitrogens with zero attached hydrogens (tertiary/aromatic N) is 2. The summed E-state index contributed by atoms with van der Waals surface area (Å²) in [5.74, 6) is 0.935. The van der Waals surface area contributed by atoms with Gasteiger partial charge in [0.15, 0.2) is 5.13 Å². The van der Waals surface area contributed by atoms with Gasteiger partial charge in [-0.2, -0.15) is 0 Å². The Kier molecular flexibility index (Phi) is 4.32. The quantitative estimate of drug-likeness (QED) is 0.917. The number of aromatic nitrogens is 1. The Hall–Kier alpha value is -0.610. The van der Waals surface area contributed by atoms with E-state index in [4.69, 9.17) is 4.98 Å². The Balaban J connectivity index is 1.72. The standard InChI is InChI=1S/C16H27N3S/c1-11(2)17-10-15-12(3)18-16(20-15)19-9-8-13-6-4-5-7-14(13)19/h11,13-14,17H,4-10H2,1-3H3. The summed E-state index contributed by atoms with van der Waals surface area (Å²) in [4.78, 5) is 8.89. The molecule has 2 heterocycles. The molecule has 2 unspecified atom stereocenters. The predicted molar refractivity (Wildman–Crippen MR) is 86.5 cm³/mol. The Labute approximate surface area is 126 Å². The molecule has 2 fully saturated rings. The van der Waals surface area contributed by atoms with Crippen LogP contribution in [0.1, 0.15) is 56.5 Å². The van der Waals surface area contributed by atoms with Crippen molar-refractivity contribution in [3.05, 3.63) is 10.6 Å². The second-order valence-corrected chi connectivity index (χ2v) is 7.70. The van der Waals surface area contributed by atoms with Crippen LogP contribution in [0.2, 0.25) is 0 Å². The lowest BCUT2D eigenvalue weighted by molar-refractivity contribution is 0.342. The molecule has 1 aromatic heterocycles. The van der Waals surface area contributed by atoms with Crippen molar-refractivity contribution in [3.8, 4) is 0 Å². The third-order valence-corrected chi connectivity index (χ3v) is 6.00. The molecule has 4 heteroatoms. The fourth-order valence-electron chi connectivity index (χ4n) is 3.64. The van der Waals surface area contributed by atoms with Crippen LogP contribution in [0, 0.1) is 12.8 Å². The predicted octanol–water partition coefficient (Wildman–Crippen LogP) is 3.72. The van der Waals surface area contributed by atoms with E-state index in [1.165, 1.54) is 54.4 Å². The number of hydrogen-bond donors (Lipinski definition) is 1. The van der Waals surface area contributed by atoms with Crippen LogP contribution >= 0.6 is 11.3 Å². The first kappa shape index (κ1) is 14.3. The summed E-state index contributed by atoms with van der Waals surface area (Å²) in [6.07, 6.45) is 7.04. The first-order valence-corrected chi connectivity index (χ1v) is 8.93. The molecule has 112 valence electrons. The maximum absolute atomic E-state index is 4.87. The van der Waals surface area contributed by atoms with Gasteiger partial charge in [0.25, 0.3) is 0 Å². The van der Waals surface area contributed by atoms with Crippen LogP contribution in [0.3, 0.4) is 0 Å². The highest BCUT2D eigenvalue weighted by molar-refractivity contribution is 7.15. The van der Waals surface area contributed by atoms with Gasteiger partial charge in [0, 0.05) is 30.1 Å². The maximum Gasteiger partial charge on any atom is 0.186 e. The topological polar surface area (TPSA) is 28.2 Å². The van der Waals surface area contributed by atoms with E-state index >= 15 is 0 Å². The molecule has 3 rings (SSSR count). The van der Waals surface area contributed by atoms with E-state index in [9.17, 15) is 0 Å². The third kappa shape index (κ3) is 2.86. The Morgan fingerprint density at radius 3 is 2.90 bits per heavy atom. The van der Waals surface area contributed by atoms with Gasteiger partial charge in [-0.15, -0.1) is 11.3 Å². The summed E-state index contributed by atoms with van der Waals surface area (Å²) in [5, 5.41) is 4.79. The van der Waals surface area contributed by atoms with E-state index in [1.54, 1.807) is 0 Å². The zero-order valence-electron chi connectivity index (χ0n) is 13.0. The van der Waals surface area contributed by atoms with Crippen molar-refractivity contribution < 1.29 is 0 Å². The van der Waals surface area contributed by atoms with E-state index in [-0.39, 0.29) is 0 Å². The lowest BCUT2D eigenvalue weighted by atomic mass is 9.85. The molecule has 0 bridgehead atoms. The van der Waals surface area contributed by atoms with Gasteiger partial charge in [0.1, 0.15) is 0 Å². The number of nitrogens with one attached hydrogen (secondary N) is 1. The van der Waals surface area contributed by atoms with E-state index in [0.29, 0.717) is 6.04 Å². The van der Waals surface area contributed by atoms with Crippen LogP contribution < -0.4 is 10.2 Å². The van der Waals surface area contributed by atoms with Crippen LogP contribution in [0.15, 0.2) is 0 Å². The molecule has 0 spiro atoms. The van der Waals surface area contributed by atoms with E-state index < -0.39 is 0 Å². The largest absolute Gasteiger partial charge is 0.345 e. The summed E-state index contributed by atoms with van der Waals surface area (Å²) in [7, 11) is 0. The zero-order valence-corrected chi connectivity index (χ0v) is 13.8. The van der Waals surface area contributed by atoms with Crippen LogP contribution in [-0.4, -0.2) is 23.6 Å². The SMILES string of the molecule is Cc1nc(N2CCC3CCCCC32)sc1CNC(C)C. The number of anilines is 1. The second-order valence-electron chi connectivity index (χ2n) is 6.63. The Morgan fingerprint density at radius 1 is 1.30 bits per heavy atom. The van der Waals surface area contributed by atoms with Gasteiger partial charge in [0.2, 0.25) is 0 Å².